The summed E-state index contributed by atoms with van der Waals surface area (Å²) in [5.41, 5.74) is 2.96. The lowest BCUT2D eigenvalue weighted by Gasteiger charge is -2.35. The van der Waals surface area contributed by atoms with Crippen LogP contribution in [0.15, 0.2) is 41.2 Å². The number of likely N-dealkylation sites (tertiary alicyclic amines) is 1. The van der Waals surface area contributed by atoms with Gasteiger partial charge < -0.3 is 19.5 Å². The minimum Gasteiger partial charge on any atom is -0.453 e. The molecule has 36 heavy (non-hydrogen) atoms. The number of rotatable bonds is 5. The van der Waals surface area contributed by atoms with Crippen LogP contribution in [0.25, 0.3) is 17.0 Å². The van der Waals surface area contributed by atoms with E-state index in [1.54, 1.807) is 17.4 Å². The number of anilines is 1. The summed E-state index contributed by atoms with van der Waals surface area (Å²) in [5.74, 6) is -0.241. The van der Waals surface area contributed by atoms with Crippen molar-refractivity contribution in [2.45, 2.75) is 32.6 Å². The molecule has 10 nitrogen and oxygen atoms in total. The number of fused-ring (bicyclic) bond motifs is 1. The van der Waals surface area contributed by atoms with E-state index in [2.05, 4.69) is 39.0 Å². The van der Waals surface area contributed by atoms with Crippen LogP contribution in [0.3, 0.4) is 0 Å². The maximum absolute atomic E-state index is 14.8. The van der Waals surface area contributed by atoms with Crippen LogP contribution in [0.1, 0.15) is 53.2 Å². The molecule has 1 fully saturated rings. The van der Waals surface area contributed by atoms with Crippen molar-refractivity contribution in [2.24, 2.45) is 0 Å². The number of ether oxygens (including phenoxy) is 1. The summed E-state index contributed by atoms with van der Waals surface area (Å²) in [6, 6.07) is 6.74. The molecule has 2 amide bonds. The average molecular weight is 493 g/mol. The Kier molecular flexibility index (Phi) is 5.91. The number of nitrogens with zero attached hydrogens (tertiary/aromatic N) is 5. The molecular weight excluding hydrogens is 467 g/mol. The molecule has 4 aromatic rings. The highest BCUT2D eigenvalue weighted by molar-refractivity contribution is 6.04. The van der Waals surface area contributed by atoms with E-state index >= 15 is 0 Å². The quantitative estimate of drug-likeness (QED) is 0.440. The molecule has 0 radical (unpaired) electrons. The molecule has 0 unspecified atom stereocenters. The molecule has 0 saturated carbocycles. The highest BCUT2D eigenvalue weighted by atomic mass is 19.1. The minimum atomic E-state index is -0.519. The van der Waals surface area contributed by atoms with Gasteiger partial charge in [0.2, 0.25) is 11.7 Å². The molecule has 5 rings (SSSR count). The molecule has 4 heterocycles. The smallest absolute Gasteiger partial charge is 0.409 e. The van der Waals surface area contributed by atoms with E-state index < -0.39 is 17.8 Å². The van der Waals surface area contributed by atoms with Crippen molar-refractivity contribution >= 4 is 23.3 Å². The first-order valence-corrected chi connectivity index (χ1v) is 11.5. The first kappa shape index (κ1) is 23.5. The molecule has 186 valence electrons. The first-order valence-electron chi connectivity index (χ1n) is 11.5. The fourth-order valence-corrected chi connectivity index (χ4v) is 4.06. The Morgan fingerprint density at radius 3 is 2.75 bits per heavy atom. The second kappa shape index (κ2) is 9.06. The van der Waals surface area contributed by atoms with Gasteiger partial charge in [-0.2, -0.15) is 4.98 Å². The highest BCUT2D eigenvalue weighted by Crippen LogP contribution is 2.30. The molecule has 1 aliphatic rings. The molecule has 11 heteroatoms. The molecule has 0 atom stereocenters. The van der Waals surface area contributed by atoms with E-state index in [4.69, 9.17) is 4.52 Å². The van der Waals surface area contributed by atoms with E-state index in [9.17, 15) is 14.0 Å². The van der Waals surface area contributed by atoms with E-state index in [0.717, 1.165) is 5.56 Å². The van der Waals surface area contributed by atoms with Crippen molar-refractivity contribution in [1.82, 2.24) is 24.4 Å². The van der Waals surface area contributed by atoms with Gasteiger partial charge >= 0.3 is 6.09 Å². The third-order valence-corrected chi connectivity index (χ3v) is 6.38. The monoisotopic (exact) mass is 492 g/mol. The van der Waals surface area contributed by atoms with E-state index in [1.165, 1.54) is 24.3 Å². The summed E-state index contributed by atoms with van der Waals surface area (Å²) in [7, 11) is 1.32. The maximum Gasteiger partial charge on any atom is 0.409 e. The summed E-state index contributed by atoms with van der Waals surface area (Å²) in [5, 5.41) is 6.77. The zero-order valence-electron chi connectivity index (χ0n) is 20.3. The van der Waals surface area contributed by atoms with Gasteiger partial charge in [0.1, 0.15) is 17.2 Å². The molecule has 0 bridgehead atoms. The topological polar surface area (TPSA) is 115 Å². The zero-order valence-corrected chi connectivity index (χ0v) is 20.3. The van der Waals surface area contributed by atoms with Gasteiger partial charge in [-0.15, -0.1) is 0 Å². The van der Waals surface area contributed by atoms with Crippen LogP contribution >= 0.6 is 0 Å². The number of methoxy groups -OCH3 is 1. The molecule has 1 aliphatic heterocycles. The number of hydrogen-bond donors (Lipinski definition) is 1. The number of nitrogens with one attached hydrogen (secondary N) is 1. The molecule has 1 saturated heterocycles. The number of amides is 2. The number of carbonyl (C=O) groups is 2. The fraction of sp³-hybridized carbons (Fsp3) is 0.320. The predicted octanol–water partition coefficient (Wildman–Crippen LogP) is 4.37. The van der Waals surface area contributed by atoms with Crippen LogP contribution in [0.5, 0.6) is 0 Å². The van der Waals surface area contributed by atoms with Gasteiger partial charge in [0.15, 0.2) is 0 Å². The SMILES string of the molecule is COC(=O)N1CC(c2nc(-c3cc(F)c(C)c(NC(=O)c4cnc5ccc(C(C)C)cn45)c3)no2)C1. The number of halogens is 1. The van der Waals surface area contributed by atoms with Crippen LogP contribution < -0.4 is 5.32 Å². The van der Waals surface area contributed by atoms with Gasteiger partial charge in [0.25, 0.3) is 5.91 Å². The highest BCUT2D eigenvalue weighted by Gasteiger charge is 2.36. The van der Waals surface area contributed by atoms with Crippen LogP contribution in [0, 0.1) is 12.7 Å². The Morgan fingerprint density at radius 1 is 1.25 bits per heavy atom. The van der Waals surface area contributed by atoms with Crippen LogP contribution in [-0.2, 0) is 4.74 Å². The van der Waals surface area contributed by atoms with Crippen molar-refractivity contribution in [2.75, 3.05) is 25.5 Å². The molecule has 1 aromatic carbocycles. The van der Waals surface area contributed by atoms with E-state index in [0.29, 0.717) is 35.9 Å². The Labute approximate surface area is 206 Å². The first-order chi connectivity index (χ1) is 17.2. The standard InChI is InChI=1S/C25H25FN6O4/c1-13(2)15-5-6-21-27-9-20(32(21)12-15)23(33)28-19-8-16(7-18(26)14(19)3)22-29-24(36-30-22)17-10-31(11-17)25(34)35-4/h5-9,12-13,17H,10-11H2,1-4H3,(H,28,33). The summed E-state index contributed by atoms with van der Waals surface area (Å²) in [4.78, 5) is 34.9. The molecule has 3 aromatic heterocycles. The Bertz CT molecular complexity index is 1470. The van der Waals surface area contributed by atoms with E-state index in [1.807, 2.05) is 18.3 Å². The number of pyridine rings is 1. The Balaban J connectivity index is 1.39. The third kappa shape index (κ3) is 4.16. The Hall–Kier alpha value is -4.28. The van der Waals surface area contributed by atoms with Crippen LogP contribution in [0.4, 0.5) is 14.9 Å². The van der Waals surface area contributed by atoms with Crippen molar-refractivity contribution in [1.29, 1.82) is 0 Å². The van der Waals surface area contributed by atoms with Crippen molar-refractivity contribution in [3.05, 3.63) is 65.2 Å². The maximum atomic E-state index is 14.8. The summed E-state index contributed by atoms with van der Waals surface area (Å²) in [6.07, 6.45) is 2.96. The van der Waals surface area contributed by atoms with Crippen molar-refractivity contribution in [3.8, 4) is 11.4 Å². The average Bonchev–Trinajstić information content (AvgIpc) is 3.47. The third-order valence-electron chi connectivity index (χ3n) is 6.38. The zero-order chi connectivity index (χ0) is 25.6. The lowest BCUT2D eigenvalue weighted by molar-refractivity contribution is 0.0804. The van der Waals surface area contributed by atoms with Crippen LogP contribution in [0.2, 0.25) is 0 Å². The summed E-state index contributed by atoms with van der Waals surface area (Å²) >= 11 is 0. The van der Waals surface area contributed by atoms with Gasteiger partial charge in [0, 0.05) is 36.1 Å². The number of aromatic nitrogens is 4. The number of carbonyl (C=O) groups excluding carboxylic acids is 2. The van der Waals surface area contributed by atoms with Crippen molar-refractivity contribution in [3.63, 3.8) is 0 Å². The summed E-state index contributed by atoms with van der Waals surface area (Å²) < 4.78 is 26.6. The number of hydrogen-bond acceptors (Lipinski definition) is 7. The lowest BCUT2D eigenvalue weighted by Crippen LogP contribution is -2.48. The number of imidazole rings is 1. The van der Waals surface area contributed by atoms with Gasteiger partial charge in [-0.05, 0) is 36.6 Å². The van der Waals surface area contributed by atoms with Crippen molar-refractivity contribution < 1.29 is 23.2 Å². The van der Waals surface area contributed by atoms with Gasteiger partial charge in [-0.1, -0.05) is 25.1 Å². The second-order valence-corrected chi connectivity index (χ2v) is 9.10. The molecular formula is C25H25FN6O4. The normalized spacial score (nSPS) is 13.8. The predicted molar refractivity (Wildman–Crippen MR) is 128 cm³/mol. The van der Waals surface area contributed by atoms with Gasteiger partial charge in [-0.25, -0.2) is 14.2 Å². The Morgan fingerprint density at radius 2 is 2.03 bits per heavy atom. The largest absolute Gasteiger partial charge is 0.453 e. The lowest BCUT2D eigenvalue weighted by atomic mass is 10.0. The molecule has 0 spiro atoms. The number of benzene rings is 1. The van der Waals surface area contributed by atoms with Gasteiger partial charge in [0.05, 0.1) is 19.2 Å². The summed E-state index contributed by atoms with van der Waals surface area (Å²) in [6.45, 7) is 6.51. The molecule has 0 aliphatic carbocycles. The minimum absolute atomic E-state index is 0.120. The van der Waals surface area contributed by atoms with Crippen LogP contribution in [-0.4, -0.2) is 56.6 Å². The van der Waals surface area contributed by atoms with Gasteiger partial charge in [-0.3, -0.25) is 9.20 Å². The molecule has 1 N–H and O–H groups in total. The fourth-order valence-electron chi connectivity index (χ4n) is 4.06. The second-order valence-electron chi connectivity index (χ2n) is 9.10. The van der Waals surface area contributed by atoms with E-state index in [-0.39, 0.29) is 28.9 Å².